The van der Waals surface area contributed by atoms with E-state index in [1.807, 2.05) is 25.2 Å². The molecule has 3 fully saturated rings. The predicted molar refractivity (Wildman–Crippen MR) is 103 cm³/mol. The van der Waals surface area contributed by atoms with Crippen LogP contribution in [-0.2, 0) is 16.6 Å². The van der Waals surface area contributed by atoms with E-state index >= 15 is 0 Å². The Kier molecular flexibility index (Phi) is 4.74. The topological polar surface area (TPSA) is 61.7 Å². The van der Waals surface area contributed by atoms with Crippen molar-refractivity contribution in [2.45, 2.75) is 44.6 Å². The SMILES string of the molecule is CC1CCC(C(=O)N2CCC3(C2)CN(c2cnn(C)c2)C(=O)CN3C)CC1. The van der Waals surface area contributed by atoms with Gasteiger partial charge in [-0.3, -0.25) is 19.2 Å². The zero-order chi connectivity index (χ0) is 19.2. The first-order chi connectivity index (χ1) is 12.9. The molecule has 27 heavy (non-hydrogen) atoms. The standard InChI is InChI=1S/C20H31N5O2/c1-15-4-6-16(7-5-15)19(27)24-9-8-20(13-24)14-25(18(26)12-22(20)2)17-10-21-23(3)11-17/h10-11,15-16H,4-9,12-14H2,1-3H3. The van der Waals surface area contributed by atoms with Crippen LogP contribution in [0.25, 0.3) is 0 Å². The third kappa shape index (κ3) is 3.37. The first kappa shape index (κ1) is 18.5. The number of hydrogen-bond donors (Lipinski definition) is 0. The second kappa shape index (κ2) is 6.93. The lowest BCUT2D eigenvalue weighted by Gasteiger charge is -2.46. The van der Waals surface area contributed by atoms with Gasteiger partial charge in [-0.2, -0.15) is 5.10 Å². The van der Waals surface area contributed by atoms with Gasteiger partial charge in [-0.15, -0.1) is 0 Å². The molecule has 1 aromatic heterocycles. The van der Waals surface area contributed by atoms with Gasteiger partial charge >= 0.3 is 0 Å². The number of piperazine rings is 1. The number of anilines is 1. The summed E-state index contributed by atoms with van der Waals surface area (Å²) < 4.78 is 1.72. The van der Waals surface area contributed by atoms with Crippen molar-refractivity contribution in [1.29, 1.82) is 0 Å². The first-order valence-corrected chi connectivity index (χ1v) is 10.2. The lowest BCUT2D eigenvalue weighted by molar-refractivity contribution is -0.136. The molecule has 0 bridgehead atoms. The molecule has 4 rings (SSSR count). The summed E-state index contributed by atoms with van der Waals surface area (Å²) in [6, 6.07) is 0. The van der Waals surface area contributed by atoms with E-state index in [0.717, 1.165) is 44.0 Å². The fourth-order valence-electron chi connectivity index (χ4n) is 4.99. The number of aryl methyl sites for hydroxylation is 1. The molecule has 7 nitrogen and oxygen atoms in total. The Hall–Kier alpha value is -1.89. The van der Waals surface area contributed by atoms with E-state index in [0.29, 0.717) is 19.0 Å². The van der Waals surface area contributed by atoms with Gasteiger partial charge in [-0.05, 0) is 45.1 Å². The van der Waals surface area contributed by atoms with Crippen molar-refractivity contribution in [2.75, 3.05) is 38.1 Å². The zero-order valence-electron chi connectivity index (χ0n) is 16.7. The van der Waals surface area contributed by atoms with Gasteiger partial charge in [0.2, 0.25) is 11.8 Å². The number of rotatable bonds is 2. The molecule has 2 aliphatic heterocycles. The van der Waals surface area contributed by atoms with Crippen molar-refractivity contribution in [3.05, 3.63) is 12.4 Å². The largest absolute Gasteiger partial charge is 0.340 e. The van der Waals surface area contributed by atoms with Crippen LogP contribution >= 0.6 is 0 Å². The van der Waals surface area contributed by atoms with Gasteiger partial charge in [-0.25, -0.2) is 0 Å². The van der Waals surface area contributed by atoms with Crippen molar-refractivity contribution in [2.24, 2.45) is 18.9 Å². The smallest absolute Gasteiger partial charge is 0.241 e. The maximum atomic E-state index is 13.1. The summed E-state index contributed by atoms with van der Waals surface area (Å²) in [7, 11) is 3.88. The number of likely N-dealkylation sites (tertiary alicyclic amines) is 1. The van der Waals surface area contributed by atoms with Crippen LogP contribution in [0.15, 0.2) is 12.4 Å². The molecular weight excluding hydrogens is 342 g/mol. The molecule has 1 aliphatic carbocycles. The van der Waals surface area contributed by atoms with Crippen molar-refractivity contribution < 1.29 is 9.59 Å². The quantitative estimate of drug-likeness (QED) is 0.788. The lowest BCUT2D eigenvalue weighted by atomic mass is 9.82. The highest BCUT2D eigenvalue weighted by Crippen LogP contribution is 2.36. The third-order valence-electron chi connectivity index (χ3n) is 6.95. The van der Waals surface area contributed by atoms with Gasteiger partial charge < -0.3 is 9.80 Å². The summed E-state index contributed by atoms with van der Waals surface area (Å²) in [5, 5.41) is 4.22. The average molecular weight is 374 g/mol. The van der Waals surface area contributed by atoms with Crippen molar-refractivity contribution in [3.63, 3.8) is 0 Å². The monoisotopic (exact) mass is 373 g/mol. The fourth-order valence-corrected chi connectivity index (χ4v) is 4.99. The average Bonchev–Trinajstić information content (AvgIpc) is 3.26. The molecule has 1 spiro atoms. The summed E-state index contributed by atoms with van der Waals surface area (Å²) >= 11 is 0. The molecule has 7 heteroatoms. The Morgan fingerprint density at radius 2 is 1.93 bits per heavy atom. The van der Waals surface area contributed by atoms with Crippen LogP contribution in [0.1, 0.15) is 39.0 Å². The Balaban J connectivity index is 1.47. The molecule has 1 unspecified atom stereocenters. The molecule has 1 atom stereocenters. The van der Waals surface area contributed by atoms with Gasteiger partial charge in [0.15, 0.2) is 0 Å². The van der Waals surface area contributed by atoms with Crippen LogP contribution in [0.3, 0.4) is 0 Å². The molecule has 2 amide bonds. The van der Waals surface area contributed by atoms with E-state index in [9.17, 15) is 9.59 Å². The first-order valence-electron chi connectivity index (χ1n) is 10.2. The van der Waals surface area contributed by atoms with Crippen LogP contribution in [0.5, 0.6) is 0 Å². The predicted octanol–water partition coefficient (Wildman–Crippen LogP) is 1.50. The van der Waals surface area contributed by atoms with Gasteiger partial charge in [0.05, 0.1) is 24.0 Å². The summed E-state index contributed by atoms with van der Waals surface area (Å²) in [4.78, 5) is 31.8. The van der Waals surface area contributed by atoms with Gasteiger partial charge in [-0.1, -0.05) is 6.92 Å². The van der Waals surface area contributed by atoms with E-state index in [1.54, 1.807) is 10.9 Å². The highest BCUT2D eigenvalue weighted by Gasteiger charge is 2.49. The summed E-state index contributed by atoms with van der Waals surface area (Å²) in [5.41, 5.74) is 0.697. The number of nitrogens with zero attached hydrogens (tertiary/aromatic N) is 5. The van der Waals surface area contributed by atoms with Crippen LogP contribution < -0.4 is 4.90 Å². The number of likely N-dealkylation sites (N-methyl/N-ethyl adjacent to an activating group) is 1. The molecule has 0 aromatic carbocycles. The Bertz CT molecular complexity index is 724. The molecule has 1 saturated carbocycles. The molecule has 1 aromatic rings. The minimum absolute atomic E-state index is 0.0992. The van der Waals surface area contributed by atoms with Crippen LogP contribution in [0.2, 0.25) is 0 Å². The fraction of sp³-hybridized carbons (Fsp3) is 0.750. The maximum absolute atomic E-state index is 13.1. The number of amides is 2. The minimum atomic E-state index is -0.151. The lowest BCUT2D eigenvalue weighted by Crippen LogP contribution is -2.64. The minimum Gasteiger partial charge on any atom is -0.340 e. The Morgan fingerprint density at radius 3 is 2.59 bits per heavy atom. The molecule has 148 valence electrons. The maximum Gasteiger partial charge on any atom is 0.241 e. The number of carbonyl (C=O) groups excluding carboxylic acids is 2. The molecule has 0 N–H and O–H groups in total. The van der Waals surface area contributed by atoms with Crippen LogP contribution in [0, 0.1) is 11.8 Å². The summed E-state index contributed by atoms with van der Waals surface area (Å²) in [6.45, 7) is 4.81. The number of carbonyl (C=O) groups is 2. The zero-order valence-corrected chi connectivity index (χ0v) is 16.7. The second-order valence-corrected chi connectivity index (χ2v) is 8.90. The summed E-state index contributed by atoms with van der Waals surface area (Å²) in [6.07, 6.45) is 8.94. The normalized spacial score (nSPS) is 32.5. The molecule has 0 radical (unpaired) electrons. The number of hydrogen-bond acceptors (Lipinski definition) is 4. The van der Waals surface area contributed by atoms with E-state index in [4.69, 9.17) is 0 Å². The van der Waals surface area contributed by atoms with Gasteiger partial charge in [0.1, 0.15) is 0 Å². The molecule has 2 saturated heterocycles. The van der Waals surface area contributed by atoms with Crippen LogP contribution in [-0.4, -0.2) is 70.2 Å². The summed E-state index contributed by atoms with van der Waals surface area (Å²) in [5.74, 6) is 1.38. The third-order valence-corrected chi connectivity index (χ3v) is 6.95. The van der Waals surface area contributed by atoms with Crippen molar-refractivity contribution >= 4 is 17.5 Å². The van der Waals surface area contributed by atoms with E-state index < -0.39 is 0 Å². The van der Waals surface area contributed by atoms with E-state index in [-0.39, 0.29) is 17.4 Å². The molecular formula is C20H31N5O2. The van der Waals surface area contributed by atoms with Crippen LogP contribution in [0.4, 0.5) is 5.69 Å². The highest BCUT2D eigenvalue weighted by atomic mass is 16.2. The number of aromatic nitrogens is 2. The highest BCUT2D eigenvalue weighted by molar-refractivity contribution is 5.95. The van der Waals surface area contributed by atoms with Crippen molar-refractivity contribution in [3.8, 4) is 0 Å². The van der Waals surface area contributed by atoms with Gasteiger partial charge in [0, 0.05) is 38.8 Å². The van der Waals surface area contributed by atoms with Crippen molar-refractivity contribution in [1.82, 2.24) is 19.6 Å². The van der Waals surface area contributed by atoms with E-state index in [1.165, 1.54) is 12.8 Å². The molecule has 3 heterocycles. The Morgan fingerprint density at radius 1 is 1.19 bits per heavy atom. The molecule has 3 aliphatic rings. The Labute approximate surface area is 161 Å². The van der Waals surface area contributed by atoms with E-state index in [2.05, 4.69) is 21.8 Å². The second-order valence-electron chi connectivity index (χ2n) is 8.90. The van der Waals surface area contributed by atoms with Gasteiger partial charge in [0.25, 0.3) is 0 Å².